The minimum absolute atomic E-state index is 0.503. The smallest absolute Gasteiger partial charge is 0.134 e. The third-order valence-corrected chi connectivity index (χ3v) is 2.92. The number of hydrogen-bond acceptors (Lipinski definition) is 5. The molecule has 0 atom stereocenters. The van der Waals surface area contributed by atoms with Crippen molar-refractivity contribution in [2.75, 3.05) is 30.9 Å². The molecule has 0 saturated carbocycles. The minimum Gasteiger partial charge on any atom is -0.363 e. The first kappa shape index (κ1) is 13.5. The second-order valence-electron chi connectivity index (χ2n) is 4.47. The lowest BCUT2D eigenvalue weighted by Crippen LogP contribution is -2.19. The highest BCUT2D eigenvalue weighted by molar-refractivity contribution is 6.29. The van der Waals surface area contributed by atoms with E-state index in [1.54, 1.807) is 18.6 Å². The van der Waals surface area contributed by atoms with Crippen LogP contribution in [0.1, 0.15) is 5.56 Å². The number of halogens is 1. The molecule has 0 unspecified atom stereocenters. The van der Waals surface area contributed by atoms with E-state index >= 15 is 0 Å². The summed E-state index contributed by atoms with van der Waals surface area (Å²) in [5.41, 5.74) is 1.08. The maximum absolute atomic E-state index is 5.77. The molecule has 2 heterocycles. The van der Waals surface area contributed by atoms with Gasteiger partial charge >= 0.3 is 0 Å². The van der Waals surface area contributed by atoms with E-state index < -0.39 is 0 Å². The fourth-order valence-electron chi connectivity index (χ4n) is 1.65. The Balaban J connectivity index is 2.13. The second-order valence-corrected chi connectivity index (χ2v) is 4.86. The molecule has 0 amide bonds. The van der Waals surface area contributed by atoms with Crippen LogP contribution in [0.25, 0.3) is 0 Å². The predicted molar refractivity (Wildman–Crippen MR) is 77.7 cm³/mol. The molecule has 0 aliphatic carbocycles. The molecule has 5 nitrogen and oxygen atoms in total. The van der Waals surface area contributed by atoms with Crippen molar-refractivity contribution < 1.29 is 0 Å². The zero-order valence-corrected chi connectivity index (χ0v) is 12.0. The van der Waals surface area contributed by atoms with Crippen LogP contribution in [-0.4, -0.2) is 36.1 Å². The van der Waals surface area contributed by atoms with Crippen molar-refractivity contribution in [1.29, 1.82) is 0 Å². The normalized spacial score (nSPS) is 10.3. The van der Waals surface area contributed by atoms with E-state index in [0.29, 0.717) is 11.7 Å². The molecule has 2 aromatic rings. The third-order valence-electron chi connectivity index (χ3n) is 2.70. The van der Waals surface area contributed by atoms with Crippen LogP contribution in [0, 0.1) is 0 Å². The maximum atomic E-state index is 5.77. The van der Waals surface area contributed by atoms with Crippen molar-refractivity contribution >= 4 is 23.2 Å². The topological polar surface area (TPSA) is 45.2 Å². The lowest BCUT2D eigenvalue weighted by Gasteiger charge is -2.19. The Labute approximate surface area is 117 Å². The molecule has 0 aliphatic rings. The molecule has 0 spiro atoms. The van der Waals surface area contributed by atoms with Gasteiger partial charge in [0, 0.05) is 40.0 Å². The molecule has 0 aliphatic heterocycles. The molecule has 0 fully saturated rings. The number of hydrogen-bond donors (Lipinski definition) is 0. The molecule has 100 valence electrons. The summed E-state index contributed by atoms with van der Waals surface area (Å²) in [6.45, 7) is 0.716. The van der Waals surface area contributed by atoms with Crippen molar-refractivity contribution in [3.63, 3.8) is 0 Å². The van der Waals surface area contributed by atoms with Crippen molar-refractivity contribution in [2.24, 2.45) is 0 Å². The zero-order valence-electron chi connectivity index (χ0n) is 11.2. The Morgan fingerprint density at radius 1 is 1.05 bits per heavy atom. The summed E-state index contributed by atoms with van der Waals surface area (Å²) in [6, 6.07) is 5.69. The molecule has 2 aromatic heterocycles. The molecule has 2 rings (SSSR count). The van der Waals surface area contributed by atoms with E-state index in [0.717, 1.165) is 17.2 Å². The highest BCUT2D eigenvalue weighted by Gasteiger charge is 2.06. The van der Waals surface area contributed by atoms with Gasteiger partial charge in [0.1, 0.15) is 23.1 Å². The zero-order chi connectivity index (χ0) is 13.8. The SMILES string of the molecule is CN(C)c1cc(N(C)Cc2ccc(Cl)nc2)ncn1. The van der Waals surface area contributed by atoms with Crippen LogP contribution in [0.15, 0.2) is 30.7 Å². The largest absolute Gasteiger partial charge is 0.363 e. The Bertz CT molecular complexity index is 541. The van der Waals surface area contributed by atoms with Crippen molar-refractivity contribution in [1.82, 2.24) is 15.0 Å². The highest BCUT2D eigenvalue weighted by Crippen LogP contribution is 2.16. The van der Waals surface area contributed by atoms with Gasteiger partial charge in [-0.2, -0.15) is 0 Å². The van der Waals surface area contributed by atoms with Crippen LogP contribution < -0.4 is 9.80 Å². The van der Waals surface area contributed by atoms with Gasteiger partial charge in [-0.25, -0.2) is 15.0 Å². The molecule has 0 N–H and O–H groups in total. The summed E-state index contributed by atoms with van der Waals surface area (Å²) in [6.07, 6.45) is 3.34. The monoisotopic (exact) mass is 277 g/mol. The second kappa shape index (κ2) is 5.84. The average molecular weight is 278 g/mol. The first-order valence-corrected chi connectivity index (χ1v) is 6.25. The van der Waals surface area contributed by atoms with Gasteiger partial charge in [0.2, 0.25) is 0 Å². The fraction of sp³-hybridized carbons (Fsp3) is 0.308. The van der Waals surface area contributed by atoms with E-state index in [9.17, 15) is 0 Å². The molecule has 0 saturated heterocycles. The van der Waals surface area contributed by atoms with Crippen molar-refractivity contribution in [3.05, 3.63) is 41.4 Å². The number of aromatic nitrogens is 3. The van der Waals surface area contributed by atoms with Crippen LogP contribution in [0.3, 0.4) is 0 Å². The van der Waals surface area contributed by atoms with Crippen LogP contribution in [0.5, 0.6) is 0 Å². The predicted octanol–water partition coefficient (Wildman–Crippen LogP) is 2.23. The molecule has 0 aromatic carbocycles. The Hall–Kier alpha value is -1.88. The number of anilines is 2. The van der Waals surface area contributed by atoms with Gasteiger partial charge < -0.3 is 9.80 Å². The first-order valence-electron chi connectivity index (χ1n) is 5.87. The lowest BCUT2D eigenvalue weighted by molar-refractivity contribution is 0.881. The van der Waals surface area contributed by atoms with Gasteiger partial charge in [0.05, 0.1) is 0 Å². The summed E-state index contributed by atoms with van der Waals surface area (Å²) in [4.78, 5) is 16.5. The van der Waals surface area contributed by atoms with Crippen LogP contribution >= 0.6 is 11.6 Å². The van der Waals surface area contributed by atoms with Gasteiger partial charge in [-0.05, 0) is 11.6 Å². The molecule has 19 heavy (non-hydrogen) atoms. The Kier molecular flexibility index (Phi) is 4.16. The molecule has 6 heteroatoms. The summed E-state index contributed by atoms with van der Waals surface area (Å²) < 4.78 is 0. The number of rotatable bonds is 4. The van der Waals surface area contributed by atoms with Gasteiger partial charge in [0.25, 0.3) is 0 Å². The average Bonchev–Trinajstić information content (AvgIpc) is 2.41. The first-order chi connectivity index (χ1) is 9.06. The van der Waals surface area contributed by atoms with E-state index in [2.05, 4.69) is 15.0 Å². The summed E-state index contributed by atoms with van der Waals surface area (Å²) in [7, 11) is 5.89. The third kappa shape index (κ3) is 3.54. The van der Waals surface area contributed by atoms with E-state index in [-0.39, 0.29) is 0 Å². The molecule has 0 bridgehead atoms. The summed E-state index contributed by atoms with van der Waals surface area (Å²) in [5.74, 6) is 1.75. The van der Waals surface area contributed by atoms with Crippen molar-refractivity contribution in [2.45, 2.75) is 6.54 Å². The highest BCUT2D eigenvalue weighted by atomic mass is 35.5. The maximum Gasteiger partial charge on any atom is 0.134 e. The van der Waals surface area contributed by atoms with E-state index in [1.807, 2.05) is 43.1 Å². The standard InChI is InChI=1S/C13H16ClN5/c1-18(2)12-6-13(17-9-16-12)19(3)8-10-4-5-11(14)15-7-10/h4-7,9H,8H2,1-3H3. The van der Waals surface area contributed by atoms with Crippen LogP contribution in [-0.2, 0) is 6.54 Å². The number of pyridine rings is 1. The molecular formula is C13H16ClN5. The fourth-order valence-corrected chi connectivity index (χ4v) is 1.76. The summed E-state index contributed by atoms with van der Waals surface area (Å²) in [5, 5.41) is 0.503. The van der Waals surface area contributed by atoms with Gasteiger partial charge in [-0.3, -0.25) is 0 Å². The number of nitrogens with zero attached hydrogens (tertiary/aromatic N) is 5. The van der Waals surface area contributed by atoms with Crippen LogP contribution in [0.4, 0.5) is 11.6 Å². The lowest BCUT2D eigenvalue weighted by atomic mass is 10.2. The van der Waals surface area contributed by atoms with Gasteiger partial charge in [0.15, 0.2) is 0 Å². The van der Waals surface area contributed by atoms with Gasteiger partial charge in [-0.15, -0.1) is 0 Å². The molecule has 0 radical (unpaired) electrons. The Morgan fingerprint density at radius 3 is 2.42 bits per heavy atom. The Morgan fingerprint density at radius 2 is 1.79 bits per heavy atom. The van der Waals surface area contributed by atoms with E-state index in [4.69, 9.17) is 11.6 Å². The van der Waals surface area contributed by atoms with Gasteiger partial charge in [-0.1, -0.05) is 17.7 Å². The molecular weight excluding hydrogens is 262 g/mol. The van der Waals surface area contributed by atoms with Crippen LogP contribution in [0.2, 0.25) is 5.15 Å². The quantitative estimate of drug-likeness (QED) is 0.802. The summed E-state index contributed by atoms with van der Waals surface area (Å²) >= 11 is 5.77. The minimum atomic E-state index is 0.503. The van der Waals surface area contributed by atoms with E-state index in [1.165, 1.54) is 0 Å². The van der Waals surface area contributed by atoms with Crippen molar-refractivity contribution in [3.8, 4) is 0 Å².